The molecule has 1 aromatic heterocycles. The van der Waals surface area contributed by atoms with Crippen LogP contribution in [0.3, 0.4) is 0 Å². The molecule has 3 aromatic rings. The van der Waals surface area contributed by atoms with Crippen molar-refractivity contribution in [2.24, 2.45) is 0 Å². The molecule has 4 rings (SSSR count). The monoisotopic (exact) mass is 399 g/mol. The van der Waals surface area contributed by atoms with Crippen molar-refractivity contribution in [3.63, 3.8) is 0 Å². The first-order valence-corrected chi connectivity index (χ1v) is 10.3. The molecule has 2 N–H and O–H groups in total. The average molecular weight is 399 g/mol. The first-order chi connectivity index (χ1) is 14.7. The summed E-state index contributed by atoms with van der Waals surface area (Å²) in [5.74, 6) is -0.270. The predicted molar refractivity (Wildman–Crippen MR) is 117 cm³/mol. The standard InChI is InChI=1S/C25H25N3O2/c29-23(27-18-19-9-8-16-26-17-19)21-12-4-5-13-22(21)28-24(30)25(14-6-7-15-25)20-10-2-1-3-11-20/h1-5,8-13,16-17H,6-7,14-15,18H2,(H,27,29)(H,28,30). The summed E-state index contributed by atoms with van der Waals surface area (Å²) in [5.41, 5.74) is 2.41. The topological polar surface area (TPSA) is 71.1 Å². The van der Waals surface area contributed by atoms with E-state index in [1.807, 2.05) is 48.5 Å². The first-order valence-electron chi connectivity index (χ1n) is 10.3. The molecule has 2 aromatic carbocycles. The summed E-state index contributed by atoms with van der Waals surface area (Å²) >= 11 is 0. The maximum atomic E-state index is 13.4. The van der Waals surface area contributed by atoms with Crippen LogP contribution < -0.4 is 10.6 Å². The van der Waals surface area contributed by atoms with E-state index in [4.69, 9.17) is 0 Å². The van der Waals surface area contributed by atoms with Gasteiger partial charge in [-0.15, -0.1) is 0 Å². The Bertz CT molecular complexity index is 1010. The van der Waals surface area contributed by atoms with Crippen LogP contribution in [0.5, 0.6) is 0 Å². The summed E-state index contributed by atoms with van der Waals surface area (Å²) in [5, 5.41) is 5.97. The summed E-state index contributed by atoms with van der Waals surface area (Å²) in [4.78, 5) is 30.3. The number of benzene rings is 2. The third-order valence-corrected chi connectivity index (χ3v) is 5.81. The van der Waals surface area contributed by atoms with E-state index in [0.717, 1.165) is 36.8 Å². The molecule has 0 unspecified atom stereocenters. The summed E-state index contributed by atoms with van der Waals surface area (Å²) in [6, 6.07) is 20.9. The largest absolute Gasteiger partial charge is 0.348 e. The van der Waals surface area contributed by atoms with Crippen molar-refractivity contribution in [1.82, 2.24) is 10.3 Å². The van der Waals surface area contributed by atoms with Gasteiger partial charge in [0.2, 0.25) is 5.91 Å². The second kappa shape index (κ2) is 8.91. The Morgan fingerprint density at radius 3 is 2.37 bits per heavy atom. The number of rotatable bonds is 6. The smallest absolute Gasteiger partial charge is 0.253 e. The number of aromatic nitrogens is 1. The van der Waals surface area contributed by atoms with Crippen molar-refractivity contribution >= 4 is 17.5 Å². The third-order valence-electron chi connectivity index (χ3n) is 5.81. The Morgan fingerprint density at radius 2 is 1.63 bits per heavy atom. The molecular weight excluding hydrogens is 374 g/mol. The highest BCUT2D eigenvalue weighted by molar-refractivity contribution is 6.06. The quantitative estimate of drug-likeness (QED) is 0.643. The van der Waals surface area contributed by atoms with Crippen molar-refractivity contribution in [1.29, 1.82) is 0 Å². The van der Waals surface area contributed by atoms with Gasteiger partial charge in [-0.2, -0.15) is 0 Å². The lowest BCUT2D eigenvalue weighted by molar-refractivity contribution is -0.121. The van der Waals surface area contributed by atoms with E-state index < -0.39 is 5.41 Å². The number of hydrogen-bond donors (Lipinski definition) is 2. The van der Waals surface area contributed by atoms with E-state index >= 15 is 0 Å². The minimum absolute atomic E-state index is 0.0429. The van der Waals surface area contributed by atoms with Gasteiger partial charge >= 0.3 is 0 Å². The fourth-order valence-electron chi connectivity index (χ4n) is 4.19. The second-order valence-corrected chi connectivity index (χ2v) is 7.70. The van der Waals surface area contributed by atoms with Crippen LogP contribution in [0.25, 0.3) is 0 Å². The summed E-state index contributed by atoms with van der Waals surface area (Å²) in [6.07, 6.45) is 7.10. The predicted octanol–water partition coefficient (Wildman–Crippen LogP) is 4.46. The van der Waals surface area contributed by atoms with Crippen molar-refractivity contribution in [3.8, 4) is 0 Å². The number of amides is 2. The fourth-order valence-corrected chi connectivity index (χ4v) is 4.19. The van der Waals surface area contributed by atoms with Gasteiger partial charge in [-0.3, -0.25) is 14.6 Å². The molecule has 1 saturated carbocycles. The van der Waals surface area contributed by atoms with Gasteiger partial charge in [0.25, 0.3) is 5.91 Å². The minimum Gasteiger partial charge on any atom is -0.348 e. The zero-order chi connectivity index (χ0) is 20.8. The van der Waals surface area contributed by atoms with E-state index in [2.05, 4.69) is 15.6 Å². The Labute approximate surface area is 176 Å². The van der Waals surface area contributed by atoms with Crippen LogP contribution in [-0.4, -0.2) is 16.8 Å². The highest BCUT2D eigenvalue weighted by Crippen LogP contribution is 2.42. The Kier molecular flexibility index (Phi) is 5.89. The van der Waals surface area contributed by atoms with Gasteiger partial charge in [0.15, 0.2) is 0 Å². The molecule has 1 aliphatic rings. The molecule has 0 radical (unpaired) electrons. The van der Waals surface area contributed by atoms with Gasteiger partial charge < -0.3 is 10.6 Å². The van der Waals surface area contributed by atoms with E-state index in [1.165, 1.54) is 0 Å². The zero-order valence-electron chi connectivity index (χ0n) is 16.8. The number of anilines is 1. The Balaban J connectivity index is 1.53. The molecule has 5 nitrogen and oxygen atoms in total. The Morgan fingerprint density at radius 1 is 0.900 bits per heavy atom. The molecule has 0 atom stereocenters. The number of pyridine rings is 1. The lowest BCUT2D eigenvalue weighted by Crippen LogP contribution is -2.38. The van der Waals surface area contributed by atoms with Gasteiger partial charge in [-0.1, -0.05) is 61.4 Å². The van der Waals surface area contributed by atoms with Crippen LogP contribution in [0.2, 0.25) is 0 Å². The molecule has 2 amide bonds. The zero-order valence-corrected chi connectivity index (χ0v) is 16.8. The average Bonchev–Trinajstić information content (AvgIpc) is 3.31. The van der Waals surface area contributed by atoms with Gasteiger partial charge in [0, 0.05) is 18.9 Å². The molecular formula is C25H25N3O2. The van der Waals surface area contributed by atoms with Crippen molar-refractivity contribution in [2.75, 3.05) is 5.32 Å². The van der Waals surface area contributed by atoms with Crippen LogP contribution in [0.15, 0.2) is 79.1 Å². The van der Waals surface area contributed by atoms with Crippen molar-refractivity contribution in [2.45, 2.75) is 37.6 Å². The molecule has 1 fully saturated rings. The number of hydrogen-bond acceptors (Lipinski definition) is 3. The second-order valence-electron chi connectivity index (χ2n) is 7.70. The molecule has 0 spiro atoms. The number of carbonyl (C=O) groups excluding carboxylic acids is 2. The first kappa shape index (κ1) is 19.8. The molecule has 1 aliphatic carbocycles. The highest BCUT2D eigenvalue weighted by atomic mass is 16.2. The number of nitrogens with zero attached hydrogens (tertiary/aromatic N) is 1. The highest BCUT2D eigenvalue weighted by Gasteiger charge is 2.42. The number of nitrogens with one attached hydrogen (secondary N) is 2. The van der Waals surface area contributed by atoms with Crippen molar-refractivity contribution < 1.29 is 9.59 Å². The lowest BCUT2D eigenvalue weighted by Gasteiger charge is -2.28. The fraction of sp³-hybridized carbons (Fsp3) is 0.240. The van der Waals surface area contributed by atoms with E-state index in [0.29, 0.717) is 17.8 Å². The van der Waals surface area contributed by atoms with Crippen LogP contribution >= 0.6 is 0 Å². The van der Waals surface area contributed by atoms with Gasteiger partial charge in [0.1, 0.15) is 0 Å². The molecule has 0 aliphatic heterocycles. The summed E-state index contributed by atoms with van der Waals surface area (Å²) in [6.45, 7) is 0.378. The van der Waals surface area contributed by atoms with Crippen LogP contribution in [-0.2, 0) is 16.8 Å². The lowest BCUT2D eigenvalue weighted by atomic mass is 9.78. The molecule has 0 saturated heterocycles. The minimum atomic E-state index is -0.541. The van der Waals surface area contributed by atoms with E-state index in [1.54, 1.807) is 30.6 Å². The van der Waals surface area contributed by atoms with E-state index in [-0.39, 0.29) is 11.8 Å². The van der Waals surface area contributed by atoms with Crippen molar-refractivity contribution in [3.05, 3.63) is 95.8 Å². The molecule has 1 heterocycles. The van der Waals surface area contributed by atoms with Gasteiger partial charge in [0.05, 0.1) is 16.7 Å². The molecule has 30 heavy (non-hydrogen) atoms. The molecule has 152 valence electrons. The van der Waals surface area contributed by atoms with Crippen LogP contribution in [0.1, 0.15) is 47.2 Å². The summed E-state index contributed by atoms with van der Waals surface area (Å²) < 4.78 is 0. The van der Waals surface area contributed by atoms with Gasteiger partial charge in [-0.05, 0) is 42.2 Å². The van der Waals surface area contributed by atoms with Crippen LogP contribution in [0.4, 0.5) is 5.69 Å². The SMILES string of the molecule is O=C(NCc1cccnc1)c1ccccc1NC(=O)C1(c2ccccc2)CCCC1. The summed E-state index contributed by atoms with van der Waals surface area (Å²) in [7, 11) is 0. The van der Waals surface area contributed by atoms with E-state index in [9.17, 15) is 9.59 Å². The molecule has 5 heteroatoms. The van der Waals surface area contributed by atoms with Crippen LogP contribution in [0, 0.1) is 0 Å². The number of para-hydroxylation sites is 1. The molecule has 0 bridgehead atoms. The van der Waals surface area contributed by atoms with Gasteiger partial charge in [-0.25, -0.2) is 0 Å². The maximum Gasteiger partial charge on any atom is 0.253 e. The Hall–Kier alpha value is -3.47. The normalized spacial score (nSPS) is 14.8. The maximum absolute atomic E-state index is 13.4. The third kappa shape index (κ3) is 4.10. The number of carbonyl (C=O) groups is 2.